The number of hydrogen-bond donors (Lipinski definition) is 3. The van der Waals surface area contributed by atoms with E-state index in [0.29, 0.717) is 0 Å². The van der Waals surface area contributed by atoms with Gasteiger partial charge in [0.15, 0.2) is 17.0 Å². The quantitative estimate of drug-likeness (QED) is 0.403. The predicted molar refractivity (Wildman–Crippen MR) is 92.6 cm³/mol. The van der Waals surface area contributed by atoms with Crippen molar-refractivity contribution in [1.82, 2.24) is 0 Å². The van der Waals surface area contributed by atoms with Gasteiger partial charge in [-0.15, -0.1) is 12.4 Å². The number of Topliss-reactive ketones (excluding diaryl/α,β-unsaturated/α-hetero) is 2. The van der Waals surface area contributed by atoms with Crippen LogP contribution >= 0.6 is 12.4 Å². The first-order valence-corrected chi connectivity index (χ1v) is 7.29. The zero-order valence-corrected chi connectivity index (χ0v) is 14.4. The first kappa shape index (κ1) is 22.2. The second-order valence-electron chi connectivity index (χ2n) is 5.22. The molecule has 0 fully saturated rings. The van der Waals surface area contributed by atoms with E-state index in [2.05, 4.69) is 4.74 Å². The van der Waals surface area contributed by atoms with Crippen molar-refractivity contribution in [3.63, 3.8) is 0 Å². The standard InChI is InChI=1S/C16H23N3O4.ClH/c1-23-15(22)16(7-8-17,13(20)10-18)14(21)12(19)9-11-5-3-2-4-6-11;/h2-6,12H,7-10,17-19H2,1H3;1H. The van der Waals surface area contributed by atoms with E-state index in [4.69, 9.17) is 17.2 Å². The molecule has 0 bridgehead atoms. The number of ketones is 2. The zero-order valence-electron chi connectivity index (χ0n) is 13.6. The summed E-state index contributed by atoms with van der Waals surface area (Å²) in [6.45, 7) is -0.524. The minimum absolute atomic E-state index is 0. The van der Waals surface area contributed by atoms with Gasteiger partial charge >= 0.3 is 5.97 Å². The molecule has 6 N–H and O–H groups in total. The molecule has 0 spiro atoms. The fraction of sp³-hybridized carbons (Fsp3) is 0.438. The van der Waals surface area contributed by atoms with Crippen molar-refractivity contribution in [1.29, 1.82) is 0 Å². The highest BCUT2D eigenvalue weighted by atomic mass is 35.5. The number of carbonyl (C=O) groups is 3. The fourth-order valence-corrected chi connectivity index (χ4v) is 2.56. The third-order valence-corrected chi connectivity index (χ3v) is 3.77. The highest BCUT2D eigenvalue weighted by Crippen LogP contribution is 2.28. The highest BCUT2D eigenvalue weighted by molar-refractivity contribution is 6.24. The second-order valence-corrected chi connectivity index (χ2v) is 5.22. The average Bonchev–Trinajstić information content (AvgIpc) is 2.58. The van der Waals surface area contributed by atoms with Crippen molar-refractivity contribution in [2.24, 2.45) is 22.6 Å². The molecule has 0 saturated heterocycles. The molecule has 0 amide bonds. The molecule has 0 heterocycles. The van der Waals surface area contributed by atoms with Crippen LogP contribution in [0.25, 0.3) is 0 Å². The van der Waals surface area contributed by atoms with Crippen molar-refractivity contribution < 1.29 is 19.1 Å². The molecule has 1 rings (SSSR count). The number of carbonyl (C=O) groups excluding carboxylic acids is 3. The number of ether oxygens (including phenoxy) is 1. The molecular formula is C16H24ClN3O4. The lowest BCUT2D eigenvalue weighted by atomic mass is 9.73. The number of benzene rings is 1. The Morgan fingerprint density at radius 3 is 2.21 bits per heavy atom. The predicted octanol–water partition coefficient (Wildman–Crippen LogP) is -0.417. The van der Waals surface area contributed by atoms with Crippen LogP contribution in [0.2, 0.25) is 0 Å². The zero-order chi connectivity index (χ0) is 17.5. The summed E-state index contributed by atoms with van der Waals surface area (Å²) in [7, 11) is 1.10. The lowest BCUT2D eigenvalue weighted by Crippen LogP contribution is -2.56. The molecule has 0 radical (unpaired) electrons. The fourth-order valence-electron chi connectivity index (χ4n) is 2.56. The maximum atomic E-state index is 12.8. The number of methoxy groups -OCH3 is 1. The summed E-state index contributed by atoms with van der Waals surface area (Å²) < 4.78 is 4.67. The van der Waals surface area contributed by atoms with E-state index < -0.39 is 35.5 Å². The van der Waals surface area contributed by atoms with Crippen molar-refractivity contribution in [3.05, 3.63) is 35.9 Å². The monoisotopic (exact) mass is 357 g/mol. The summed E-state index contributed by atoms with van der Waals surface area (Å²) in [5.41, 5.74) is 15.6. The van der Waals surface area contributed by atoms with Crippen molar-refractivity contribution in [2.45, 2.75) is 18.9 Å². The minimum Gasteiger partial charge on any atom is -0.468 e. The summed E-state index contributed by atoms with van der Waals surface area (Å²) in [4.78, 5) is 37.3. The molecule has 134 valence electrons. The molecule has 8 heteroatoms. The van der Waals surface area contributed by atoms with E-state index in [0.717, 1.165) is 12.7 Å². The molecule has 1 aromatic carbocycles. The third kappa shape index (κ3) is 4.61. The maximum Gasteiger partial charge on any atom is 0.327 e. The van der Waals surface area contributed by atoms with Gasteiger partial charge in [0.2, 0.25) is 0 Å². The molecule has 0 aromatic heterocycles. The molecule has 0 saturated carbocycles. The van der Waals surface area contributed by atoms with Gasteiger partial charge in [-0.3, -0.25) is 14.4 Å². The van der Waals surface area contributed by atoms with Crippen molar-refractivity contribution >= 4 is 29.9 Å². The van der Waals surface area contributed by atoms with Crippen molar-refractivity contribution in [2.75, 3.05) is 20.2 Å². The number of hydrogen-bond acceptors (Lipinski definition) is 7. The van der Waals surface area contributed by atoms with E-state index in [1.54, 1.807) is 12.1 Å². The van der Waals surface area contributed by atoms with Crippen LogP contribution < -0.4 is 17.2 Å². The van der Waals surface area contributed by atoms with Crippen molar-refractivity contribution in [3.8, 4) is 0 Å². The maximum absolute atomic E-state index is 12.8. The lowest BCUT2D eigenvalue weighted by Gasteiger charge is -2.29. The molecule has 7 nitrogen and oxygen atoms in total. The molecule has 0 aliphatic rings. The second kappa shape index (κ2) is 10.1. The number of rotatable bonds is 9. The number of esters is 1. The van der Waals surface area contributed by atoms with Gasteiger partial charge in [-0.25, -0.2) is 0 Å². The Kier molecular flexibility index (Phi) is 9.38. The summed E-state index contributed by atoms with van der Waals surface area (Å²) >= 11 is 0. The normalized spacial score (nSPS) is 14.0. The van der Waals surface area contributed by atoms with E-state index in [9.17, 15) is 14.4 Å². The summed E-state index contributed by atoms with van der Waals surface area (Å²) in [5, 5.41) is 0. The first-order valence-electron chi connectivity index (χ1n) is 7.29. The third-order valence-electron chi connectivity index (χ3n) is 3.77. The molecule has 1 aromatic rings. The van der Waals surface area contributed by atoms with E-state index in [-0.39, 0.29) is 31.8 Å². The van der Waals surface area contributed by atoms with E-state index >= 15 is 0 Å². The van der Waals surface area contributed by atoms with E-state index in [1.807, 2.05) is 18.2 Å². The molecule has 2 atom stereocenters. The Hall–Kier alpha value is -1.80. The first-order chi connectivity index (χ1) is 10.9. The van der Waals surface area contributed by atoms with Crippen LogP contribution in [0.4, 0.5) is 0 Å². The average molecular weight is 358 g/mol. The van der Waals surface area contributed by atoms with Gasteiger partial charge in [0, 0.05) is 0 Å². The van der Waals surface area contributed by atoms with Crippen LogP contribution in [0.3, 0.4) is 0 Å². The summed E-state index contributed by atoms with van der Waals surface area (Å²) in [6.07, 6.45) is 0.0118. The summed E-state index contributed by atoms with van der Waals surface area (Å²) in [6, 6.07) is 8.03. The van der Waals surface area contributed by atoms with Crippen LogP contribution in [-0.2, 0) is 25.5 Å². The highest BCUT2D eigenvalue weighted by Gasteiger charge is 2.53. The number of halogens is 1. The Morgan fingerprint density at radius 1 is 1.17 bits per heavy atom. The van der Waals surface area contributed by atoms with E-state index in [1.165, 1.54) is 0 Å². The van der Waals surface area contributed by atoms with Gasteiger partial charge in [0.25, 0.3) is 0 Å². The van der Waals surface area contributed by atoms with Crippen LogP contribution in [0.5, 0.6) is 0 Å². The van der Waals surface area contributed by atoms with Gasteiger partial charge in [0.05, 0.1) is 19.7 Å². The lowest BCUT2D eigenvalue weighted by molar-refractivity contribution is -0.163. The minimum atomic E-state index is -2.04. The topological polar surface area (TPSA) is 138 Å². The van der Waals surface area contributed by atoms with Crippen LogP contribution in [0.1, 0.15) is 12.0 Å². The Labute approximate surface area is 147 Å². The van der Waals surface area contributed by atoms with Crippen LogP contribution in [-0.4, -0.2) is 43.8 Å². The van der Waals surface area contributed by atoms with Gasteiger partial charge in [-0.2, -0.15) is 0 Å². The Morgan fingerprint density at radius 2 is 1.75 bits per heavy atom. The SMILES string of the molecule is COC(=O)C(CCN)(C(=O)CN)C(=O)C(N)Cc1ccccc1.Cl. The van der Waals surface area contributed by atoms with Crippen LogP contribution in [0.15, 0.2) is 30.3 Å². The smallest absolute Gasteiger partial charge is 0.327 e. The van der Waals surface area contributed by atoms with Gasteiger partial charge in [-0.1, -0.05) is 30.3 Å². The molecule has 0 aliphatic carbocycles. The summed E-state index contributed by atoms with van der Waals surface area (Å²) in [5.74, 6) is -2.41. The molecule has 2 unspecified atom stereocenters. The van der Waals surface area contributed by atoms with Crippen LogP contribution in [0, 0.1) is 5.41 Å². The molecular weight excluding hydrogens is 334 g/mol. The van der Waals surface area contributed by atoms with Gasteiger partial charge < -0.3 is 21.9 Å². The molecule has 24 heavy (non-hydrogen) atoms. The molecule has 0 aliphatic heterocycles. The van der Waals surface area contributed by atoms with Gasteiger partial charge in [0.1, 0.15) is 0 Å². The Bertz CT molecular complexity index is 550. The van der Waals surface area contributed by atoms with Gasteiger partial charge in [-0.05, 0) is 24.9 Å². The Balaban J connectivity index is 0.00000529. The number of nitrogens with two attached hydrogens (primary N) is 3. The largest absolute Gasteiger partial charge is 0.468 e.